The van der Waals surface area contributed by atoms with E-state index in [1.165, 1.54) is 11.3 Å². The minimum atomic E-state index is -0.210. The molecule has 23 heavy (non-hydrogen) atoms. The van der Waals surface area contributed by atoms with Gasteiger partial charge >= 0.3 is 0 Å². The molecule has 0 aliphatic heterocycles. The van der Waals surface area contributed by atoms with Gasteiger partial charge in [0, 0.05) is 36.5 Å². The highest BCUT2D eigenvalue weighted by atomic mass is 32.1. The van der Waals surface area contributed by atoms with Crippen molar-refractivity contribution in [3.63, 3.8) is 0 Å². The Kier molecular flexibility index (Phi) is 6.77. The maximum Gasteiger partial charge on any atom is 0.252 e. The van der Waals surface area contributed by atoms with Crippen molar-refractivity contribution in [2.75, 3.05) is 13.1 Å². The number of nitrogens with one attached hydrogen (secondary N) is 2. The summed E-state index contributed by atoms with van der Waals surface area (Å²) >= 11 is 1.48. The van der Waals surface area contributed by atoms with E-state index in [2.05, 4.69) is 10.6 Å². The summed E-state index contributed by atoms with van der Waals surface area (Å²) in [4.78, 5) is 23.5. The molecule has 122 valence electrons. The quantitative estimate of drug-likeness (QED) is 0.648. The molecule has 0 saturated heterocycles. The Morgan fingerprint density at radius 3 is 2.61 bits per heavy atom. The van der Waals surface area contributed by atoms with Gasteiger partial charge in [0.1, 0.15) is 0 Å². The fourth-order valence-electron chi connectivity index (χ4n) is 2.08. The molecular weight excluding hydrogens is 310 g/mol. The maximum atomic E-state index is 11.8. The molecule has 1 heterocycles. The summed E-state index contributed by atoms with van der Waals surface area (Å²) in [5, 5.41) is 9.27. The van der Waals surface area contributed by atoms with Crippen molar-refractivity contribution in [2.45, 2.75) is 18.9 Å². The molecule has 0 saturated carbocycles. The van der Waals surface area contributed by atoms with Crippen LogP contribution in [0.4, 0.5) is 0 Å². The third-order valence-electron chi connectivity index (χ3n) is 3.40. The number of amides is 2. The van der Waals surface area contributed by atoms with Crippen molar-refractivity contribution >= 4 is 23.2 Å². The summed E-state index contributed by atoms with van der Waals surface area (Å²) in [6.07, 6.45) is 0.966. The van der Waals surface area contributed by atoms with Gasteiger partial charge in [0.2, 0.25) is 5.91 Å². The molecule has 0 radical (unpaired) electrons. The number of nitrogens with two attached hydrogens (primary N) is 1. The van der Waals surface area contributed by atoms with Crippen molar-refractivity contribution in [3.8, 4) is 0 Å². The molecule has 1 aromatic carbocycles. The monoisotopic (exact) mass is 331 g/mol. The predicted octanol–water partition coefficient (Wildman–Crippen LogP) is 2.07. The molecule has 4 N–H and O–H groups in total. The first kappa shape index (κ1) is 17.2. The average Bonchev–Trinajstić information content (AvgIpc) is 3.12. The first-order valence-corrected chi connectivity index (χ1v) is 8.48. The lowest BCUT2D eigenvalue weighted by atomic mass is 10.1. The van der Waals surface area contributed by atoms with E-state index in [0.29, 0.717) is 31.5 Å². The SMILES string of the molecule is NC(CNC(=O)CCCNC(=O)c1ccsc1)c1ccccc1. The lowest BCUT2D eigenvalue weighted by Crippen LogP contribution is -2.32. The van der Waals surface area contributed by atoms with Crippen molar-refractivity contribution in [3.05, 3.63) is 58.3 Å². The first-order chi connectivity index (χ1) is 11.2. The smallest absolute Gasteiger partial charge is 0.252 e. The van der Waals surface area contributed by atoms with E-state index in [9.17, 15) is 9.59 Å². The largest absolute Gasteiger partial charge is 0.354 e. The molecule has 1 unspecified atom stereocenters. The van der Waals surface area contributed by atoms with Gasteiger partial charge in [0.25, 0.3) is 5.91 Å². The predicted molar refractivity (Wildman–Crippen MR) is 92.3 cm³/mol. The summed E-state index contributed by atoms with van der Waals surface area (Å²) in [5.41, 5.74) is 7.68. The molecule has 0 fully saturated rings. The van der Waals surface area contributed by atoms with Gasteiger partial charge in [-0.2, -0.15) is 11.3 Å². The van der Waals surface area contributed by atoms with Gasteiger partial charge in [0.05, 0.1) is 0 Å². The fourth-order valence-corrected chi connectivity index (χ4v) is 2.71. The number of hydrogen-bond acceptors (Lipinski definition) is 4. The maximum absolute atomic E-state index is 11.8. The lowest BCUT2D eigenvalue weighted by Gasteiger charge is -2.13. The van der Waals surface area contributed by atoms with Crippen LogP contribution < -0.4 is 16.4 Å². The van der Waals surface area contributed by atoms with Crippen LogP contribution in [0.1, 0.15) is 34.8 Å². The third-order valence-corrected chi connectivity index (χ3v) is 4.08. The zero-order chi connectivity index (χ0) is 16.5. The van der Waals surface area contributed by atoms with Crippen LogP contribution in [0.15, 0.2) is 47.2 Å². The molecule has 1 aromatic heterocycles. The van der Waals surface area contributed by atoms with Gasteiger partial charge < -0.3 is 16.4 Å². The van der Waals surface area contributed by atoms with E-state index in [1.54, 1.807) is 11.4 Å². The Morgan fingerprint density at radius 2 is 1.91 bits per heavy atom. The zero-order valence-electron chi connectivity index (χ0n) is 12.8. The van der Waals surface area contributed by atoms with Crippen molar-refractivity contribution in [1.82, 2.24) is 10.6 Å². The van der Waals surface area contributed by atoms with E-state index in [4.69, 9.17) is 5.73 Å². The summed E-state index contributed by atoms with van der Waals surface area (Å²) in [6.45, 7) is 0.886. The molecule has 6 heteroatoms. The topological polar surface area (TPSA) is 84.2 Å². The van der Waals surface area contributed by atoms with Crippen LogP contribution in [-0.2, 0) is 4.79 Å². The molecular formula is C17H21N3O2S. The lowest BCUT2D eigenvalue weighted by molar-refractivity contribution is -0.121. The van der Waals surface area contributed by atoms with Crippen LogP contribution in [0.2, 0.25) is 0 Å². The van der Waals surface area contributed by atoms with E-state index in [1.807, 2.05) is 35.7 Å². The number of carbonyl (C=O) groups is 2. The molecule has 1 atom stereocenters. The average molecular weight is 331 g/mol. The van der Waals surface area contributed by atoms with Gasteiger partial charge in [-0.1, -0.05) is 30.3 Å². The van der Waals surface area contributed by atoms with Gasteiger partial charge in [-0.25, -0.2) is 0 Å². The Balaban J connectivity index is 1.59. The summed E-state index contributed by atoms with van der Waals surface area (Å²) in [6, 6.07) is 11.2. The van der Waals surface area contributed by atoms with Crippen molar-refractivity contribution in [2.24, 2.45) is 5.73 Å². The van der Waals surface area contributed by atoms with Gasteiger partial charge in [0.15, 0.2) is 0 Å². The van der Waals surface area contributed by atoms with Gasteiger partial charge in [-0.05, 0) is 23.4 Å². The Morgan fingerprint density at radius 1 is 1.13 bits per heavy atom. The molecule has 0 spiro atoms. The molecule has 2 amide bonds. The second-order valence-corrected chi connectivity index (χ2v) is 5.97. The van der Waals surface area contributed by atoms with Crippen LogP contribution in [0, 0.1) is 0 Å². The number of rotatable bonds is 8. The van der Waals surface area contributed by atoms with E-state index in [-0.39, 0.29) is 17.9 Å². The fraction of sp³-hybridized carbons (Fsp3) is 0.294. The summed E-state index contributed by atoms with van der Waals surface area (Å²) in [5.74, 6) is -0.154. The number of thiophene rings is 1. The first-order valence-electron chi connectivity index (χ1n) is 7.54. The minimum Gasteiger partial charge on any atom is -0.354 e. The highest BCUT2D eigenvalue weighted by Crippen LogP contribution is 2.08. The van der Waals surface area contributed by atoms with Crippen molar-refractivity contribution < 1.29 is 9.59 Å². The highest BCUT2D eigenvalue weighted by Gasteiger charge is 2.08. The van der Waals surface area contributed by atoms with Crippen molar-refractivity contribution in [1.29, 1.82) is 0 Å². The van der Waals surface area contributed by atoms with Crippen LogP contribution in [-0.4, -0.2) is 24.9 Å². The van der Waals surface area contributed by atoms with Crippen LogP contribution >= 0.6 is 11.3 Å². The molecule has 2 aromatic rings. The summed E-state index contributed by atoms with van der Waals surface area (Å²) < 4.78 is 0. The Bertz CT molecular complexity index is 614. The highest BCUT2D eigenvalue weighted by molar-refractivity contribution is 7.08. The third kappa shape index (κ3) is 5.84. The second kappa shape index (κ2) is 9.07. The summed E-state index contributed by atoms with van der Waals surface area (Å²) in [7, 11) is 0. The second-order valence-electron chi connectivity index (χ2n) is 5.19. The molecule has 0 aliphatic rings. The number of benzene rings is 1. The van der Waals surface area contributed by atoms with E-state index < -0.39 is 0 Å². The van der Waals surface area contributed by atoms with Crippen LogP contribution in [0.25, 0.3) is 0 Å². The molecule has 2 rings (SSSR count). The van der Waals surface area contributed by atoms with E-state index in [0.717, 1.165) is 5.56 Å². The molecule has 5 nitrogen and oxygen atoms in total. The van der Waals surface area contributed by atoms with Crippen LogP contribution in [0.5, 0.6) is 0 Å². The van der Waals surface area contributed by atoms with Gasteiger partial charge in [-0.3, -0.25) is 9.59 Å². The standard InChI is InChI=1S/C17H21N3O2S/c18-15(13-5-2-1-3-6-13)11-20-16(21)7-4-9-19-17(22)14-8-10-23-12-14/h1-3,5-6,8,10,12,15H,4,7,9,11,18H2,(H,19,22)(H,20,21). The number of hydrogen-bond donors (Lipinski definition) is 3. The van der Waals surface area contributed by atoms with Crippen LogP contribution in [0.3, 0.4) is 0 Å². The Labute approximate surface area is 139 Å². The number of carbonyl (C=O) groups excluding carboxylic acids is 2. The van der Waals surface area contributed by atoms with Gasteiger partial charge in [-0.15, -0.1) is 0 Å². The normalized spacial score (nSPS) is 11.7. The van der Waals surface area contributed by atoms with E-state index >= 15 is 0 Å². The molecule has 0 bridgehead atoms. The minimum absolute atomic E-state index is 0.0545. The zero-order valence-corrected chi connectivity index (χ0v) is 13.6. The Hall–Kier alpha value is -2.18. The molecule has 0 aliphatic carbocycles.